The second-order valence-electron chi connectivity index (χ2n) is 8.34. The average Bonchev–Trinajstić information content (AvgIpc) is 3.37. The maximum absolute atomic E-state index is 14.2. The zero-order valence-electron chi connectivity index (χ0n) is 17.8. The molecule has 0 radical (unpaired) electrons. The van der Waals surface area contributed by atoms with Gasteiger partial charge in [-0.2, -0.15) is 0 Å². The fraction of sp³-hybridized carbons (Fsp3) is 0.111. The van der Waals surface area contributed by atoms with Crippen molar-refractivity contribution in [1.82, 2.24) is 0 Å². The molecule has 2 heterocycles. The molecule has 3 atom stereocenters. The lowest BCUT2D eigenvalue weighted by Crippen LogP contribution is -2.37. The summed E-state index contributed by atoms with van der Waals surface area (Å²) in [4.78, 5) is 34.3. The van der Waals surface area contributed by atoms with E-state index in [0.29, 0.717) is 0 Å². The van der Waals surface area contributed by atoms with E-state index in [1.807, 2.05) is 72.8 Å². The van der Waals surface area contributed by atoms with Crippen molar-refractivity contribution in [3.8, 4) is 0 Å². The van der Waals surface area contributed by atoms with Crippen LogP contribution >= 0.6 is 11.6 Å². The maximum atomic E-state index is 14.2. The van der Waals surface area contributed by atoms with Gasteiger partial charge in [0.25, 0.3) is 5.91 Å². The average molecular weight is 473 g/mol. The minimum absolute atomic E-state index is 0.0804. The zero-order valence-corrected chi connectivity index (χ0v) is 18.5. The summed E-state index contributed by atoms with van der Waals surface area (Å²) in [6.45, 7) is 0. The van der Waals surface area contributed by atoms with Gasteiger partial charge in [-0.05, 0) is 46.7 Å². The number of nitrogens with zero attached hydrogens (tertiary/aromatic N) is 2. The number of para-hydroxylation sites is 1. The Bertz CT molecular complexity index is 1440. The van der Waals surface area contributed by atoms with Crippen LogP contribution in [0, 0.1) is 11.7 Å². The van der Waals surface area contributed by atoms with E-state index in [1.54, 1.807) is 5.06 Å². The summed E-state index contributed by atoms with van der Waals surface area (Å²) >= 11 is 5.81. The number of benzene rings is 4. The monoisotopic (exact) mass is 472 g/mol. The van der Waals surface area contributed by atoms with Crippen molar-refractivity contribution in [2.45, 2.75) is 12.1 Å². The Morgan fingerprint density at radius 3 is 2.32 bits per heavy atom. The molecule has 5 nitrogen and oxygen atoms in total. The minimum Gasteiger partial charge on any atom is -0.273 e. The van der Waals surface area contributed by atoms with E-state index in [2.05, 4.69) is 0 Å². The number of carbonyl (C=O) groups is 2. The smallest absolute Gasteiger partial charge is 0.266 e. The van der Waals surface area contributed by atoms with Crippen LogP contribution in [0.4, 0.5) is 15.8 Å². The molecule has 2 saturated heterocycles. The van der Waals surface area contributed by atoms with Crippen LogP contribution in [0.3, 0.4) is 0 Å². The molecular formula is C27H18ClFN2O3. The molecular weight excluding hydrogens is 455 g/mol. The van der Waals surface area contributed by atoms with Gasteiger partial charge in [-0.25, -0.2) is 14.4 Å². The lowest BCUT2D eigenvalue weighted by Gasteiger charge is -2.29. The molecule has 7 heteroatoms. The van der Waals surface area contributed by atoms with E-state index in [0.717, 1.165) is 33.0 Å². The topological polar surface area (TPSA) is 49.9 Å². The fourth-order valence-electron chi connectivity index (χ4n) is 4.92. The molecule has 4 aromatic rings. The quantitative estimate of drug-likeness (QED) is 0.360. The Morgan fingerprint density at radius 2 is 1.53 bits per heavy atom. The van der Waals surface area contributed by atoms with Crippen LogP contribution in [0.1, 0.15) is 11.6 Å². The Balaban J connectivity index is 1.50. The highest BCUT2D eigenvalue weighted by Gasteiger charge is 2.60. The van der Waals surface area contributed by atoms with Crippen molar-refractivity contribution in [1.29, 1.82) is 0 Å². The first-order valence-electron chi connectivity index (χ1n) is 10.9. The molecule has 2 aliphatic rings. The highest BCUT2D eigenvalue weighted by molar-refractivity contribution is 6.31. The van der Waals surface area contributed by atoms with Gasteiger partial charge in [-0.3, -0.25) is 14.4 Å². The predicted octanol–water partition coefficient (Wildman–Crippen LogP) is 5.68. The second-order valence-corrected chi connectivity index (χ2v) is 8.74. The van der Waals surface area contributed by atoms with Crippen molar-refractivity contribution in [2.75, 3.05) is 9.96 Å². The van der Waals surface area contributed by atoms with Gasteiger partial charge in [-0.15, -0.1) is 0 Å². The van der Waals surface area contributed by atoms with Gasteiger partial charge < -0.3 is 0 Å². The highest BCUT2D eigenvalue weighted by atomic mass is 35.5. The molecule has 6 rings (SSSR count). The molecule has 0 spiro atoms. The number of amides is 2. The molecule has 34 heavy (non-hydrogen) atoms. The first kappa shape index (κ1) is 20.8. The van der Waals surface area contributed by atoms with Crippen molar-refractivity contribution in [2.24, 2.45) is 5.92 Å². The van der Waals surface area contributed by atoms with Crippen molar-refractivity contribution in [3.05, 3.63) is 107 Å². The lowest BCUT2D eigenvalue weighted by atomic mass is 9.87. The Morgan fingerprint density at radius 1 is 0.794 bits per heavy atom. The largest absolute Gasteiger partial charge is 0.273 e. The Kier molecular flexibility index (Phi) is 4.86. The molecule has 0 bridgehead atoms. The van der Waals surface area contributed by atoms with Crippen LogP contribution in [0.15, 0.2) is 91.0 Å². The molecule has 0 unspecified atom stereocenters. The summed E-state index contributed by atoms with van der Waals surface area (Å²) in [6.07, 6.45) is -1.03. The fourth-order valence-corrected chi connectivity index (χ4v) is 5.03. The zero-order chi connectivity index (χ0) is 23.4. The van der Waals surface area contributed by atoms with E-state index < -0.39 is 35.7 Å². The maximum Gasteiger partial charge on any atom is 0.266 e. The number of hydrogen-bond acceptors (Lipinski definition) is 4. The molecule has 0 aliphatic carbocycles. The minimum atomic E-state index is -1.03. The van der Waals surface area contributed by atoms with E-state index in [9.17, 15) is 14.0 Å². The predicted molar refractivity (Wildman–Crippen MR) is 128 cm³/mol. The van der Waals surface area contributed by atoms with Gasteiger partial charge in [-0.1, -0.05) is 72.3 Å². The van der Waals surface area contributed by atoms with Gasteiger partial charge >= 0.3 is 0 Å². The van der Waals surface area contributed by atoms with E-state index in [4.69, 9.17) is 16.4 Å². The summed E-state index contributed by atoms with van der Waals surface area (Å²) in [7, 11) is 0. The third kappa shape index (κ3) is 3.10. The van der Waals surface area contributed by atoms with E-state index >= 15 is 0 Å². The first-order chi connectivity index (χ1) is 16.5. The van der Waals surface area contributed by atoms with Crippen LogP contribution in [-0.4, -0.2) is 17.9 Å². The van der Waals surface area contributed by atoms with Crippen LogP contribution < -0.4 is 9.96 Å². The van der Waals surface area contributed by atoms with Crippen molar-refractivity contribution in [3.63, 3.8) is 0 Å². The number of rotatable bonds is 3. The molecule has 2 aliphatic heterocycles. The molecule has 168 valence electrons. The number of halogens is 2. The normalized spacial score (nSPS) is 22.0. The SMILES string of the molecule is O=C1[C@@H]2[C@@H](c3cccc4ccccc34)N(c3ccccc3)O[C@H]2C(=O)N1c1ccc(Cl)c(F)c1. The molecule has 2 fully saturated rings. The Labute approximate surface area is 199 Å². The van der Waals surface area contributed by atoms with Gasteiger partial charge in [0.05, 0.1) is 22.4 Å². The Hall–Kier alpha value is -3.74. The summed E-state index contributed by atoms with van der Waals surface area (Å²) in [5, 5.41) is 3.57. The van der Waals surface area contributed by atoms with Crippen LogP contribution in [0.5, 0.6) is 0 Å². The number of fused-ring (bicyclic) bond motifs is 2. The first-order valence-corrected chi connectivity index (χ1v) is 11.2. The van der Waals surface area contributed by atoms with Gasteiger partial charge in [0.1, 0.15) is 11.7 Å². The van der Waals surface area contributed by atoms with Crippen LogP contribution in [0.2, 0.25) is 5.02 Å². The van der Waals surface area contributed by atoms with Crippen LogP contribution in [0.25, 0.3) is 10.8 Å². The molecule has 0 saturated carbocycles. The van der Waals surface area contributed by atoms with E-state index in [-0.39, 0.29) is 10.7 Å². The highest BCUT2D eigenvalue weighted by Crippen LogP contribution is 2.49. The number of hydroxylamine groups is 1. The summed E-state index contributed by atoms with van der Waals surface area (Å²) in [5.41, 5.74) is 1.75. The van der Waals surface area contributed by atoms with Crippen LogP contribution in [-0.2, 0) is 14.4 Å². The molecule has 4 aromatic carbocycles. The summed E-state index contributed by atoms with van der Waals surface area (Å²) in [5.74, 6) is -2.47. The van der Waals surface area contributed by atoms with Crippen molar-refractivity contribution >= 4 is 45.6 Å². The number of hydrogen-bond donors (Lipinski definition) is 0. The third-order valence-corrected chi connectivity index (χ3v) is 6.74. The van der Waals surface area contributed by atoms with Gasteiger partial charge in [0, 0.05) is 0 Å². The number of carbonyl (C=O) groups excluding carboxylic acids is 2. The van der Waals surface area contributed by atoms with Gasteiger partial charge in [0.15, 0.2) is 6.10 Å². The summed E-state index contributed by atoms with van der Waals surface area (Å²) < 4.78 is 14.2. The lowest BCUT2D eigenvalue weighted by molar-refractivity contribution is -0.126. The van der Waals surface area contributed by atoms with Gasteiger partial charge in [0.2, 0.25) is 5.91 Å². The number of imide groups is 1. The second kappa shape index (κ2) is 7.94. The molecule has 2 amide bonds. The third-order valence-electron chi connectivity index (χ3n) is 6.43. The standard InChI is InChI=1S/C27H18ClFN2O3/c28-21-14-13-18(15-22(21)29)30-26(32)23-24(20-12-6-8-16-7-4-5-11-19(16)20)31(34-25(23)27(30)33)17-9-2-1-3-10-17/h1-15,23-25H/t23-,24-,25-/m1/s1. The van der Waals surface area contributed by atoms with E-state index in [1.165, 1.54) is 12.1 Å². The summed E-state index contributed by atoms with van der Waals surface area (Å²) in [6, 6.07) is 26.5. The molecule has 0 N–H and O–H groups in total. The number of anilines is 2. The molecule has 0 aromatic heterocycles. The van der Waals surface area contributed by atoms with Crippen molar-refractivity contribution < 1.29 is 18.8 Å².